The maximum atomic E-state index is 12.1. The molecule has 0 aliphatic heterocycles. The fourth-order valence-corrected chi connectivity index (χ4v) is 2.90. The van der Waals surface area contributed by atoms with Crippen LogP contribution in [0.25, 0.3) is 0 Å². The van der Waals surface area contributed by atoms with Crippen LogP contribution in [0.15, 0.2) is 0 Å². The Morgan fingerprint density at radius 1 is 1.41 bits per heavy atom. The van der Waals surface area contributed by atoms with Crippen molar-refractivity contribution in [3.8, 4) is 0 Å². The van der Waals surface area contributed by atoms with Crippen molar-refractivity contribution in [3.05, 3.63) is 0 Å². The highest BCUT2D eigenvalue weighted by atomic mass is 16.2. The maximum absolute atomic E-state index is 12.1. The van der Waals surface area contributed by atoms with Gasteiger partial charge in [0, 0.05) is 25.6 Å². The van der Waals surface area contributed by atoms with E-state index in [1.54, 1.807) is 0 Å². The number of carbonyl (C=O) groups excluding carboxylic acids is 1. The lowest BCUT2D eigenvalue weighted by Crippen LogP contribution is -2.44. The SMILES string of the molecule is CCCC(N)CC(=O)N(C)C1CCCCC1C. The lowest BCUT2D eigenvalue weighted by Gasteiger charge is -2.36. The lowest BCUT2D eigenvalue weighted by molar-refractivity contribution is -0.134. The second-order valence-electron chi connectivity index (χ2n) is 5.59. The average Bonchev–Trinajstić information content (AvgIpc) is 2.29. The van der Waals surface area contributed by atoms with E-state index in [-0.39, 0.29) is 11.9 Å². The van der Waals surface area contributed by atoms with Crippen LogP contribution in [0, 0.1) is 5.92 Å². The molecule has 1 aliphatic rings. The predicted molar refractivity (Wildman–Crippen MR) is 71.7 cm³/mol. The van der Waals surface area contributed by atoms with E-state index in [1.165, 1.54) is 19.3 Å². The highest BCUT2D eigenvalue weighted by Gasteiger charge is 2.28. The molecule has 0 saturated heterocycles. The molecule has 3 unspecified atom stereocenters. The Labute approximate surface area is 106 Å². The standard InChI is InChI=1S/C14H28N2O/c1-4-7-12(15)10-14(17)16(3)13-9-6-5-8-11(13)2/h11-13H,4-10,15H2,1-3H3. The summed E-state index contributed by atoms with van der Waals surface area (Å²) in [5.74, 6) is 0.866. The minimum absolute atomic E-state index is 0.0360. The summed E-state index contributed by atoms with van der Waals surface area (Å²) >= 11 is 0. The Balaban J connectivity index is 2.44. The highest BCUT2D eigenvalue weighted by Crippen LogP contribution is 2.27. The summed E-state index contributed by atoms with van der Waals surface area (Å²) < 4.78 is 0. The van der Waals surface area contributed by atoms with Gasteiger partial charge in [-0.25, -0.2) is 0 Å². The zero-order chi connectivity index (χ0) is 12.8. The van der Waals surface area contributed by atoms with Crippen LogP contribution in [0.2, 0.25) is 0 Å². The van der Waals surface area contributed by atoms with E-state index in [0.717, 1.165) is 19.3 Å². The van der Waals surface area contributed by atoms with E-state index >= 15 is 0 Å². The molecule has 0 aromatic carbocycles. The molecule has 3 heteroatoms. The van der Waals surface area contributed by atoms with E-state index < -0.39 is 0 Å². The van der Waals surface area contributed by atoms with Crippen LogP contribution in [0.4, 0.5) is 0 Å². The highest BCUT2D eigenvalue weighted by molar-refractivity contribution is 5.76. The molecule has 17 heavy (non-hydrogen) atoms. The van der Waals surface area contributed by atoms with Crippen molar-refractivity contribution < 1.29 is 4.79 Å². The molecule has 3 nitrogen and oxygen atoms in total. The monoisotopic (exact) mass is 240 g/mol. The van der Waals surface area contributed by atoms with Crippen LogP contribution in [-0.2, 0) is 4.79 Å². The fraction of sp³-hybridized carbons (Fsp3) is 0.929. The fourth-order valence-electron chi connectivity index (χ4n) is 2.90. The number of hydrogen-bond donors (Lipinski definition) is 1. The molecule has 1 rings (SSSR count). The number of rotatable bonds is 5. The number of nitrogens with zero attached hydrogens (tertiary/aromatic N) is 1. The molecule has 0 radical (unpaired) electrons. The zero-order valence-electron chi connectivity index (χ0n) is 11.6. The number of amides is 1. The van der Waals surface area contributed by atoms with Gasteiger partial charge in [0.2, 0.25) is 5.91 Å². The van der Waals surface area contributed by atoms with Crippen molar-refractivity contribution in [1.82, 2.24) is 4.90 Å². The zero-order valence-corrected chi connectivity index (χ0v) is 11.6. The van der Waals surface area contributed by atoms with Crippen LogP contribution in [0.1, 0.15) is 58.8 Å². The van der Waals surface area contributed by atoms with Gasteiger partial charge in [0.1, 0.15) is 0 Å². The Morgan fingerprint density at radius 3 is 2.65 bits per heavy atom. The average molecular weight is 240 g/mol. The van der Waals surface area contributed by atoms with Gasteiger partial charge in [0.05, 0.1) is 0 Å². The quantitative estimate of drug-likeness (QED) is 0.802. The Kier molecular flexibility index (Phi) is 5.96. The third-order valence-electron chi connectivity index (χ3n) is 4.05. The molecule has 2 N–H and O–H groups in total. The minimum atomic E-state index is 0.0360. The first-order chi connectivity index (χ1) is 8.06. The molecule has 0 spiro atoms. The molecule has 0 aromatic heterocycles. The Morgan fingerprint density at radius 2 is 2.06 bits per heavy atom. The van der Waals surface area contributed by atoms with Gasteiger partial charge in [-0.3, -0.25) is 4.79 Å². The van der Waals surface area contributed by atoms with Crippen molar-refractivity contribution in [3.63, 3.8) is 0 Å². The van der Waals surface area contributed by atoms with Crippen LogP contribution in [0.3, 0.4) is 0 Å². The molecule has 0 aromatic rings. The first-order valence-corrected chi connectivity index (χ1v) is 7.07. The van der Waals surface area contributed by atoms with Crippen molar-refractivity contribution in [2.75, 3.05) is 7.05 Å². The second-order valence-corrected chi connectivity index (χ2v) is 5.59. The van der Waals surface area contributed by atoms with Crippen molar-refractivity contribution in [2.45, 2.75) is 70.9 Å². The minimum Gasteiger partial charge on any atom is -0.342 e. The molecular weight excluding hydrogens is 212 g/mol. The van der Waals surface area contributed by atoms with Crippen molar-refractivity contribution in [2.24, 2.45) is 11.7 Å². The van der Waals surface area contributed by atoms with Crippen LogP contribution in [0.5, 0.6) is 0 Å². The maximum Gasteiger partial charge on any atom is 0.224 e. The van der Waals surface area contributed by atoms with Gasteiger partial charge in [0.25, 0.3) is 0 Å². The van der Waals surface area contributed by atoms with Crippen LogP contribution in [-0.4, -0.2) is 29.9 Å². The Hall–Kier alpha value is -0.570. The van der Waals surface area contributed by atoms with Gasteiger partial charge in [-0.05, 0) is 25.2 Å². The van der Waals surface area contributed by atoms with E-state index in [9.17, 15) is 4.79 Å². The summed E-state index contributed by atoms with van der Waals surface area (Å²) in [4.78, 5) is 14.1. The smallest absolute Gasteiger partial charge is 0.224 e. The lowest BCUT2D eigenvalue weighted by atomic mass is 9.85. The third kappa shape index (κ3) is 4.30. The summed E-state index contributed by atoms with van der Waals surface area (Å²) in [7, 11) is 1.95. The molecule has 1 saturated carbocycles. The summed E-state index contributed by atoms with van der Waals surface area (Å²) in [6.07, 6.45) is 7.49. The summed E-state index contributed by atoms with van der Waals surface area (Å²) in [6.45, 7) is 4.37. The molecule has 3 atom stereocenters. The molecule has 1 amide bonds. The summed E-state index contributed by atoms with van der Waals surface area (Å²) in [6, 6.07) is 0.471. The van der Waals surface area contributed by atoms with Gasteiger partial charge >= 0.3 is 0 Å². The van der Waals surface area contributed by atoms with Gasteiger partial charge in [-0.1, -0.05) is 33.1 Å². The van der Waals surface area contributed by atoms with Gasteiger partial charge in [-0.15, -0.1) is 0 Å². The van der Waals surface area contributed by atoms with Crippen molar-refractivity contribution in [1.29, 1.82) is 0 Å². The molecule has 100 valence electrons. The van der Waals surface area contributed by atoms with Crippen LogP contribution >= 0.6 is 0 Å². The predicted octanol–water partition coefficient (Wildman–Crippen LogP) is 2.54. The number of hydrogen-bond acceptors (Lipinski definition) is 2. The molecule has 1 fully saturated rings. The van der Waals surface area contributed by atoms with E-state index in [2.05, 4.69) is 13.8 Å². The first-order valence-electron chi connectivity index (χ1n) is 7.07. The Bertz CT molecular complexity index is 242. The van der Waals surface area contributed by atoms with E-state index in [0.29, 0.717) is 18.4 Å². The topological polar surface area (TPSA) is 46.3 Å². The number of carbonyl (C=O) groups is 1. The summed E-state index contributed by atoms with van der Waals surface area (Å²) in [5.41, 5.74) is 5.94. The number of nitrogens with two attached hydrogens (primary N) is 1. The second kappa shape index (κ2) is 7.00. The first kappa shape index (κ1) is 14.5. The van der Waals surface area contributed by atoms with E-state index in [4.69, 9.17) is 5.73 Å². The molecule has 0 heterocycles. The van der Waals surface area contributed by atoms with E-state index in [1.807, 2.05) is 11.9 Å². The normalized spacial score (nSPS) is 26.6. The third-order valence-corrected chi connectivity index (χ3v) is 4.05. The molecule has 1 aliphatic carbocycles. The van der Waals surface area contributed by atoms with Gasteiger partial charge in [-0.2, -0.15) is 0 Å². The van der Waals surface area contributed by atoms with Crippen molar-refractivity contribution >= 4 is 5.91 Å². The largest absolute Gasteiger partial charge is 0.342 e. The summed E-state index contributed by atoms with van der Waals surface area (Å²) in [5, 5.41) is 0. The molecule has 0 bridgehead atoms. The van der Waals surface area contributed by atoms with Gasteiger partial charge in [0.15, 0.2) is 0 Å². The van der Waals surface area contributed by atoms with Gasteiger partial charge < -0.3 is 10.6 Å². The van der Waals surface area contributed by atoms with Crippen LogP contribution < -0.4 is 5.73 Å². The molecular formula is C14H28N2O.